The summed E-state index contributed by atoms with van der Waals surface area (Å²) in [6.07, 6.45) is 9.35. The minimum absolute atomic E-state index is 0.290. The van der Waals surface area contributed by atoms with Gasteiger partial charge in [0, 0.05) is 63.4 Å². The smallest absolute Gasteiger partial charge is 0.123 e. The van der Waals surface area contributed by atoms with E-state index >= 15 is 0 Å². The summed E-state index contributed by atoms with van der Waals surface area (Å²) in [5.41, 5.74) is 20.3. The number of hydrogen-bond donors (Lipinski definition) is 0. The highest BCUT2D eigenvalue weighted by molar-refractivity contribution is 6.18. The van der Waals surface area contributed by atoms with Crippen molar-refractivity contribution in [3.63, 3.8) is 0 Å². The van der Waals surface area contributed by atoms with Crippen LogP contribution in [0.15, 0.2) is 164 Å². The number of pyridine rings is 3. The summed E-state index contributed by atoms with van der Waals surface area (Å²) in [5.74, 6) is -0.595. The van der Waals surface area contributed by atoms with Gasteiger partial charge < -0.3 is 0 Å². The standard InChI is InChI=1S/C52H33F2N3/c1-31-48-45(34-11-17-42(53)18-12-34)21-15-33-7-3-4-10-44(33)49(48)32(2)51-50(31)46-22-16-36(28-47(46)57-52(51)35-13-19-43(54)20-14-35)39-25-40(37-8-5-23-55-29-37)27-41(26-39)38-9-6-24-56-30-38/h3-20,22-30H,1-2H3. The van der Waals surface area contributed by atoms with Gasteiger partial charge in [0.15, 0.2) is 0 Å². The van der Waals surface area contributed by atoms with Crippen molar-refractivity contribution in [1.82, 2.24) is 15.0 Å². The SMILES string of the molecule is Cc1c2c(c(C)c3c1c(-c1ccc(F)cc1)nc1cc(-c4cc(-c5cccnc5)cc(-c5cccnc5)c4)ccc13)C(c1ccc(F)cc1)=C=Cc1ccccc1-2. The minimum Gasteiger partial charge on any atom is -0.264 e. The van der Waals surface area contributed by atoms with Crippen LogP contribution < -0.4 is 0 Å². The van der Waals surface area contributed by atoms with Crippen LogP contribution in [0, 0.1) is 25.5 Å². The fraction of sp³-hybridized carbons (Fsp3) is 0.0385. The molecule has 270 valence electrons. The van der Waals surface area contributed by atoms with Gasteiger partial charge >= 0.3 is 0 Å². The van der Waals surface area contributed by atoms with Crippen LogP contribution in [0.4, 0.5) is 8.78 Å². The van der Waals surface area contributed by atoms with Crippen LogP contribution in [0.2, 0.25) is 0 Å². The zero-order valence-corrected chi connectivity index (χ0v) is 31.2. The average molecular weight is 738 g/mol. The van der Waals surface area contributed by atoms with Gasteiger partial charge in [-0.15, -0.1) is 5.73 Å². The Kier molecular flexibility index (Phi) is 8.25. The third-order valence-corrected chi connectivity index (χ3v) is 11.1. The van der Waals surface area contributed by atoms with Crippen molar-refractivity contribution in [1.29, 1.82) is 0 Å². The Hall–Kier alpha value is -7.33. The lowest BCUT2D eigenvalue weighted by Crippen LogP contribution is -2.03. The van der Waals surface area contributed by atoms with E-state index in [9.17, 15) is 8.78 Å². The molecule has 57 heavy (non-hydrogen) atoms. The molecule has 9 aromatic rings. The van der Waals surface area contributed by atoms with Gasteiger partial charge in [-0.3, -0.25) is 9.97 Å². The highest BCUT2D eigenvalue weighted by atomic mass is 19.1. The Balaban J connectivity index is 1.29. The zero-order chi connectivity index (χ0) is 38.6. The largest absolute Gasteiger partial charge is 0.264 e. The molecule has 0 N–H and O–H groups in total. The van der Waals surface area contributed by atoms with Crippen molar-refractivity contribution in [2.75, 3.05) is 0 Å². The summed E-state index contributed by atoms with van der Waals surface area (Å²) in [4.78, 5) is 14.3. The van der Waals surface area contributed by atoms with Crippen LogP contribution in [-0.2, 0) is 0 Å². The lowest BCUT2D eigenvalue weighted by molar-refractivity contribution is 0.627. The monoisotopic (exact) mass is 737 g/mol. The summed E-state index contributed by atoms with van der Waals surface area (Å²) >= 11 is 0. The van der Waals surface area contributed by atoms with Gasteiger partial charge in [0.05, 0.1) is 11.2 Å². The first-order valence-electron chi connectivity index (χ1n) is 18.9. The predicted molar refractivity (Wildman–Crippen MR) is 228 cm³/mol. The molecule has 0 saturated heterocycles. The van der Waals surface area contributed by atoms with E-state index in [-0.39, 0.29) is 11.6 Å². The number of hydrogen-bond acceptors (Lipinski definition) is 3. The van der Waals surface area contributed by atoms with E-state index in [1.165, 1.54) is 24.3 Å². The molecule has 0 unspecified atom stereocenters. The second kappa shape index (κ2) is 13.8. The van der Waals surface area contributed by atoms with E-state index in [2.05, 4.69) is 96.3 Å². The Morgan fingerprint density at radius 3 is 1.70 bits per heavy atom. The third kappa shape index (κ3) is 5.93. The molecular formula is C52H33F2N3. The maximum atomic E-state index is 14.5. The van der Waals surface area contributed by atoms with Crippen LogP contribution in [-0.4, -0.2) is 15.0 Å². The van der Waals surface area contributed by atoms with Crippen LogP contribution >= 0.6 is 0 Å². The summed E-state index contributed by atoms with van der Waals surface area (Å²) in [6, 6.07) is 42.7. The molecule has 1 aliphatic rings. The maximum Gasteiger partial charge on any atom is 0.123 e. The average Bonchev–Trinajstić information content (AvgIpc) is 3.43. The molecule has 0 saturated carbocycles. The summed E-state index contributed by atoms with van der Waals surface area (Å²) in [6.45, 7) is 4.32. The molecule has 3 heterocycles. The molecule has 3 nitrogen and oxygen atoms in total. The Labute approximate surface area is 329 Å². The van der Waals surface area contributed by atoms with Gasteiger partial charge in [-0.25, -0.2) is 13.8 Å². The highest BCUT2D eigenvalue weighted by Crippen LogP contribution is 2.48. The molecule has 0 aliphatic heterocycles. The molecule has 0 spiro atoms. The van der Waals surface area contributed by atoms with E-state index < -0.39 is 0 Å². The van der Waals surface area contributed by atoms with E-state index in [1.807, 2.05) is 60.9 Å². The number of fused-ring (bicyclic) bond motifs is 6. The first-order valence-corrected chi connectivity index (χ1v) is 18.9. The minimum atomic E-state index is -0.306. The topological polar surface area (TPSA) is 38.7 Å². The first-order chi connectivity index (χ1) is 27.9. The molecule has 3 aromatic heterocycles. The van der Waals surface area contributed by atoms with Crippen molar-refractivity contribution in [2.45, 2.75) is 13.8 Å². The first kappa shape index (κ1) is 34.2. The molecule has 1 aliphatic carbocycles. The Morgan fingerprint density at radius 1 is 0.491 bits per heavy atom. The van der Waals surface area contributed by atoms with Crippen LogP contribution in [0.5, 0.6) is 0 Å². The molecule has 0 bridgehead atoms. The van der Waals surface area contributed by atoms with Crippen molar-refractivity contribution < 1.29 is 8.78 Å². The number of rotatable bonds is 5. The van der Waals surface area contributed by atoms with Crippen molar-refractivity contribution in [3.05, 3.63) is 203 Å². The van der Waals surface area contributed by atoms with Crippen molar-refractivity contribution >= 4 is 33.3 Å². The summed E-state index contributed by atoms with van der Waals surface area (Å²) in [7, 11) is 0. The van der Waals surface area contributed by atoms with Gasteiger partial charge in [0.25, 0.3) is 0 Å². The third-order valence-electron chi connectivity index (χ3n) is 11.1. The predicted octanol–water partition coefficient (Wildman–Crippen LogP) is 13.5. The molecular weight excluding hydrogens is 705 g/mol. The van der Waals surface area contributed by atoms with E-state index in [0.717, 1.165) is 111 Å². The Bertz CT molecular complexity index is 3050. The lowest BCUT2D eigenvalue weighted by atomic mass is 9.80. The molecule has 0 fully saturated rings. The molecule has 0 amide bonds. The second-order valence-electron chi connectivity index (χ2n) is 14.5. The summed E-state index contributed by atoms with van der Waals surface area (Å²) in [5, 5.41) is 3.06. The fourth-order valence-corrected chi connectivity index (χ4v) is 8.40. The van der Waals surface area contributed by atoms with Gasteiger partial charge in [0.2, 0.25) is 0 Å². The number of benzene rings is 6. The number of aryl methyl sites for hydroxylation is 2. The second-order valence-corrected chi connectivity index (χ2v) is 14.5. The van der Waals surface area contributed by atoms with Gasteiger partial charge in [-0.05, 0) is 154 Å². The van der Waals surface area contributed by atoms with E-state index in [4.69, 9.17) is 4.98 Å². The lowest BCUT2D eigenvalue weighted by Gasteiger charge is -2.24. The van der Waals surface area contributed by atoms with Gasteiger partial charge in [0.1, 0.15) is 11.6 Å². The van der Waals surface area contributed by atoms with E-state index in [1.54, 1.807) is 12.4 Å². The maximum absolute atomic E-state index is 14.5. The van der Waals surface area contributed by atoms with Gasteiger partial charge in [-0.1, -0.05) is 60.7 Å². The van der Waals surface area contributed by atoms with Crippen molar-refractivity contribution in [2.24, 2.45) is 0 Å². The number of nitrogens with zero attached hydrogens (tertiary/aromatic N) is 3. The normalized spacial score (nSPS) is 12.0. The van der Waals surface area contributed by atoms with E-state index in [0.29, 0.717) is 0 Å². The summed E-state index contributed by atoms with van der Waals surface area (Å²) < 4.78 is 28.8. The number of halogens is 2. The molecule has 0 radical (unpaired) electrons. The van der Waals surface area contributed by atoms with Crippen LogP contribution in [0.25, 0.3) is 89.1 Å². The number of aromatic nitrogens is 3. The highest BCUT2D eigenvalue weighted by Gasteiger charge is 2.26. The van der Waals surface area contributed by atoms with Gasteiger partial charge in [-0.2, -0.15) is 0 Å². The molecule has 10 rings (SSSR count). The molecule has 0 atom stereocenters. The quantitative estimate of drug-likeness (QED) is 0.130. The molecule has 6 aromatic carbocycles. The van der Waals surface area contributed by atoms with Crippen LogP contribution in [0.3, 0.4) is 0 Å². The van der Waals surface area contributed by atoms with Crippen LogP contribution in [0.1, 0.15) is 27.8 Å². The zero-order valence-electron chi connectivity index (χ0n) is 31.2. The van der Waals surface area contributed by atoms with Crippen molar-refractivity contribution in [3.8, 4) is 55.8 Å². The fourth-order valence-electron chi connectivity index (χ4n) is 8.40. The Morgan fingerprint density at radius 2 is 1.07 bits per heavy atom. The molecule has 5 heteroatoms.